The minimum absolute atomic E-state index is 0.0303. The average molecular weight is 296 g/mol. The summed E-state index contributed by atoms with van der Waals surface area (Å²) >= 11 is 0. The van der Waals surface area contributed by atoms with Gasteiger partial charge in [-0.05, 0) is 31.5 Å². The van der Waals surface area contributed by atoms with Crippen molar-refractivity contribution in [1.82, 2.24) is 10.2 Å². The van der Waals surface area contributed by atoms with Crippen LogP contribution in [0.25, 0.3) is 0 Å². The van der Waals surface area contributed by atoms with E-state index < -0.39 is 17.7 Å². The molecule has 6 heteroatoms. The van der Waals surface area contributed by atoms with Crippen LogP contribution in [0, 0.1) is 11.6 Å². The van der Waals surface area contributed by atoms with Gasteiger partial charge in [0.25, 0.3) is 0 Å². The number of benzene rings is 1. The van der Waals surface area contributed by atoms with E-state index in [1.165, 1.54) is 13.0 Å². The molecule has 0 bridgehead atoms. The summed E-state index contributed by atoms with van der Waals surface area (Å²) < 4.78 is 26.1. The molecule has 1 fully saturated rings. The third-order valence-electron chi connectivity index (χ3n) is 3.76. The molecule has 1 heterocycles. The van der Waals surface area contributed by atoms with Crippen LogP contribution in [0.2, 0.25) is 0 Å². The number of halogens is 2. The van der Waals surface area contributed by atoms with Gasteiger partial charge in [0.15, 0.2) is 17.4 Å². The Morgan fingerprint density at radius 3 is 2.67 bits per heavy atom. The predicted octanol–water partition coefficient (Wildman–Crippen LogP) is 1.75. The van der Waals surface area contributed by atoms with Gasteiger partial charge in [0.1, 0.15) is 0 Å². The van der Waals surface area contributed by atoms with Crippen molar-refractivity contribution in [3.63, 3.8) is 0 Å². The fourth-order valence-corrected chi connectivity index (χ4v) is 2.60. The standard InChI is InChI=1S/C15H18F2N2O2/c1-9(19-6-5-12(8-19)18-10(2)20)15(21)11-3-4-13(16)14(17)7-11/h3-4,7,9,12H,5-6,8H2,1-2H3,(H,18,20). The highest BCUT2D eigenvalue weighted by Gasteiger charge is 2.30. The van der Waals surface area contributed by atoms with E-state index >= 15 is 0 Å². The Labute approximate surface area is 122 Å². The summed E-state index contributed by atoms with van der Waals surface area (Å²) in [5.41, 5.74) is 0.157. The van der Waals surface area contributed by atoms with Crippen LogP contribution in [0.5, 0.6) is 0 Å². The van der Waals surface area contributed by atoms with Gasteiger partial charge < -0.3 is 5.32 Å². The summed E-state index contributed by atoms with van der Waals surface area (Å²) in [7, 11) is 0. The van der Waals surface area contributed by atoms with E-state index in [0.29, 0.717) is 13.1 Å². The molecular formula is C15H18F2N2O2. The quantitative estimate of drug-likeness (QED) is 0.861. The molecule has 1 amide bonds. The van der Waals surface area contributed by atoms with E-state index in [1.807, 2.05) is 4.90 Å². The highest BCUT2D eigenvalue weighted by atomic mass is 19.2. The largest absolute Gasteiger partial charge is 0.352 e. The number of likely N-dealkylation sites (tertiary alicyclic amines) is 1. The van der Waals surface area contributed by atoms with Gasteiger partial charge in [-0.15, -0.1) is 0 Å². The summed E-state index contributed by atoms with van der Waals surface area (Å²) in [5, 5.41) is 2.82. The number of rotatable bonds is 4. The Bertz CT molecular complexity index is 563. The van der Waals surface area contributed by atoms with Crippen molar-refractivity contribution in [1.29, 1.82) is 0 Å². The third-order valence-corrected chi connectivity index (χ3v) is 3.76. The summed E-state index contributed by atoms with van der Waals surface area (Å²) in [5.74, 6) is -2.34. The number of amides is 1. The van der Waals surface area contributed by atoms with Crippen LogP contribution in [0.1, 0.15) is 30.6 Å². The van der Waals surface area contributed by atoms with E-state index in [2.05, 4.69) is 5.32 Å². The van der Waals surface area contributed by atoms with E-state index in [1.54, 1.807) is 6.92 Å². The third kappa shape index (κ3) is 3.64. The Kier molecular flexibility index (Phi) is 4.67. The van der Waals surface area contributed by atoms with Crippen LogP contribution in [0.15, 0.2) is 18.2 Å². The monoisotopic (exact) mass is 296 g/mol. The summed E-state index contributed by atoms with van der Waals surface area (Å²) in [6.07, 6.45) is 0.773. The fourth-order valence-electron chi connectivity index (χ4n) is 2.60. The zero-order valence-corrected chi connectivity index (χ0v) is 12.0. The van der Waals surface area contributed by atoms with Crippen molar-refractivity contribution in [2.45, 2.75) is 32.4 Å². The lowest BCUT2D eigenvalue weighted by atomic mass is 10.0. The Morgan fingerprint density at radius 2 is 2.05 bits per heavy atom. The molecule has 1 N–H and O–H groups in total. The zero-order valence-electron chi connectivity index (χ0n) is 12.0. The first kappa shape index (κ1) is 15.6. The molecular weight excluding hydrogens is 278 g/mol. The summed E-state index contributed by atoms with van der Waals surface area (Å²) in [4.78, 5) is 25.3. The number of nitrogens with one attached hydrogen (secondary N) is 1. The maximum Gasteiger partial charge on any atom is 0.217 e. The predicted molar refractivity (Wildman–Crippen MR) is 73.9 cm³/mol. The smallest absolute Gasteiger partial charge is 0.217 e. The Hall–Kier alpha value is -1.82. The molecule has 0 aliphatic carbocycles. The molecule has 1 aliphatic heterocycles. The van der Waals surface area contributed by atoms with Crippen molar-refractivity contribution in [2.75, 3.05) is 13.1 Å². The van der Waals surface area contributed by atoms with Crippen molar-refractivity contribution in [2.24, 2.45) is 0 Å². The van der Waals surface area contributed by atoms with Crippen LogP contribution in [0.3, 0.4) is 0 Å². The lowest BCUT2D eigenvalue weighted by molar-refractivity contribution is -0.119. The Balaban J connectivity index is 2.03. The number of carbonyl (C=O) groups is 2. The number of ketones is 1. The topological polar surface area (TPSA) is 49.4 Å². The molecule has 2 atom stereocenters. The fraction of sp³-hybridized carbons (Fsp3) is 0.467. The first-order chi connectivity index (χ1) is 9.88. The molecule has 1 aromatic rings. The van der Waals surface area contributed by atoms with Gasteiger partial charge in [0, 0.05) is 31.6 Å². The van der Waals surface area contributed by atoms with Crippen molar-refractivity contribution >= 4 is 11.7 Å². The maximum absolute atomic E-state index is 13.2. The van der Waals surface area contributed by atoms with Crippen LogP contribution in [-0.2, 0) is 4.79 Å². The van der Waals surface area contributed by atoms with E-state index in [0.717, 1.165) is 18.6 Å². The van der Waals surface area contributed by atoms with Gasteiger partial charge in [-0.2, -0.15) is 0 Å². The molecule has 2 rings (SSSR count). The molecule has 21 heavy (non-hydrogen) atoms. The van der Waals surface area contributed by atoms with E-state index in [-0.39, 0.29) is 23.3 Å². The number of carbonyl (C=O) groups excluding carboxylic acids is 2. The van der Waals surface area contributed by atoms with Gasteiger partial charge in [0.2, 0.25) is 5.91 Å². The second kappa shape index (κ2) is 6.30. The second-order valence-electron chi connectivity index (χ2n) is 5.35. The summed E-state index contributed by atoms with van der Waals surface area (Å²) in [6, 6.07) is 2.77. The highest BCUT2D eigenvalue weighted by Crippen LogP contribution is 2.17. The van der Waals surface area contributed by atoms with Gasteiger partial charge >= 0.3 is 0 Å². The molecule has 2 unspecified atom stereocenters. The minimum Gasteiger partial charge on any atom is -0.352 e. The second-order valence-corrected chi connectivity index (χ2v) is 5.35. The molecule has 1 aromatic carbocycles. The van der Waals surface area contributed by atoms with Gasteiger partial charge in [0.05, 0.1) is 6.04 Å². The van der Waals surface area contributed by atoms with E-state index in [4.69, 9.17) is 0 Å². The average Bonchev–Trinajstić information content (AvgIpc) is 2.87. The lowest BCUT2D eigenvalue weighted by Gasteiger charge is -2.23. The van der Waals surface area contributed by atoms with Crippen molar-refractivity contribution < 1.29 is 18.4 Å². The highest BCUT2D eigenvalue weighted by molar-refractivity contribution is 5.99. The molecule has 0 spiro atoms. The molecule has 4 nitrogen and oxygen atoms in total. The van der Waals surface area contributed by atoms with Crippen LogP contribution < -0.4 is 5.32 Å². The number of nitrogens with zero attached hydrogens (tertiary/aromatic N) is 1. The first-order valence-electron chi connectivity index (χ1n) is 6.89. The van der Waals surface area contributed by atoms with Crippen LogP contribution in [-0.4, -0.2) is 41.8 Å². The van der Waals surface area contributed by atoms with Gasteiger partial charge in [-0.25, -0.2) is 8.78 Å². The van der Waals surface area contributed by atoms with Crippen LogP contribution >= 0.6 is 0 Å². The van der Waals surface area contributed by atoms with Gasteiger partial charge in [-0.3, -0.25) is 14.5 Å². The molecule has 1 saturated heterocycles. The normalized spacial score (nSPS) is 20.3. The molecule has 0 radical (unpaired) electrons. The number of Topliss-reactive ketones (excluding diaryl/α,β-unsaturated/α-hetero) is 1. The first-order valence-corrected chi connectivity index (χ1v) is 6.89. The SMILES string of the molecule is CC(=O)NC1CCN(C(C)C(=O)c2ccc(F)c(F)c2)C1. The zero-order chi connectivity index (χ0) is 15.6. The Morgan fingerprint density at radius 1 is 1.33 bits per heavy atom. The molecule has 0 saturated carbocycles. The van der Waals surface area contributed by atoms with Gasteiger partial charge in [-0.1, -0.05) is 0 Å². The van der Waals surface area contributed by atoms with Crippen LogP contribution in [0.4, 0.5) is 8.78 Å². The molecule has 0 aromatic heterocycles. The minimum atomic E-state index is -1.02. The van der Waals surface area contributed by atoms with E-state index in [9.17, 15) is 18.4 Å². The van der Waals surface area contributed by atoms with Crippen molar-refractivity contribution in [3.05, 3.63) is 35.4 Å². The summed E-state index contributed by atoms with van der Waals surface area (Å²) in [6.45, 7) is 4.45. The molecule has 114 valence electrons. The maximum atomic E-state index is 13.2. The number of hydrogen-bond donors (Lipinski definition) is 1. The van der Waals surface area contributed by atoms with Crippen molar-refractivity contribution in [3.8, 4) is 0 Å². The lowest BCUT2D eigenvalue weighted by Crippen LogP contribution is -2.41. The number of hydrogen-bond acceptors (Lipinski definition) is 3. The molecule has 1 aliphatic rings.